The summed E-state index contributed by atoms with van der Waals surface area (Å²) in [6.07, 6.45) is 0.798. The summed E-state index contributed by atoms with van der Waals surface area (Å²) in [5.74, 6) is 0.0728. The van der Waals surface area contributed by atoms with Crippen LogP contribution in [0.1, 0.15) is 17.7 Å². The number of nitrogens with one attached hydrogen (secondary N) is 1. The molecule has 0 bridgehead atoms. The smallest absolute Gasteiger partial charge is 0.263 e. The Hall–Kier alpha value is -2.62. The van der Waals surface area contributed by atoms with E-state index in [2.05, 4.69) is 14.6 Å². The lowest BCUT2D eigenvalue weighted by molar-refractivity contribution is -0.131. The maximum Gasteiger partial charge on any atom is 0.263 e. The number of benzene rings is 2. The van der Waals surface area contributed by atoms with Crippen LogP contribution in [0.2, 0.25) is 5.02 Å². The van der Waals surface area contributed by atoms with Crippen LogP contribution in [-0.2, 0) is 21.2 Å². The number of carbonyl (C=O) groups is 1. The van der Waals surface area contributed by atoms with Gasteiger partial charge in [0, 0.05) is 38.0 Å². The molecule has 0 saturated carbocycles. The second-order valence-corrected chi connectivity index (χ2v) is 10.8. The molecule has 2 heterocycles. The average Bonchev–Trinajstić information content (AvgIpc) is 3.25. The van der Waals surface area contributed by atoms with Crippen LogP contribution >= 0.6 is 22.9 Å². The van der Waals surface area contributed by atoms with Crippen LogP contribution in [0, 0.1) is 6.92 Å². The summed E-state index contributed by atoms with van der Waals surface area (Å²) in [5.41, 5.74) is 2.68. The van der Waals surface area contributed by atoms with Crippen LogP contribution in [0.3, 0.4) is 0 Å². The van der Waals surface area contributed by atoms with E-state index in [-0.39, 0.29) is 10.8 Å². The number of hydrogen-bond acceptors (Lipinski definition) is 6. The molecule has 0 spiro atoms. The maximum absolute atomic E-state index is 12.7. The minimum Gasteiger partial charge on any atom is -0.367 e. The van der Waals surface area contributed by atoms with Gasteiger partial charge in [0.25, 0.3) is 10.0 Å². The molecule has 0 unspecified atom stereocenters. The van der Waals surface area contributed by atoms with E-state index in [1.807, 2.05) is 36.1 Å². The molecule has 3 aromatic rings. The third-order valence-electron chi connectivity index (χ3n) is 5.53. The fourth-order valence-corrected chi connectivity index (χ4v) is 5.91. The lowest BCUT2D eigenvalue weighted by atomic mass is 10.2. The standard InChI is InChI=1S/C23H25ClN4O3S2/c1-17-6-9-19(10-7-17)33(30,31)26-23-25-18(16-32-23)8-11-22(29)28-14-12-27(13-15-28)21-5-3-2-4-20(21)24/h2-7,9-10,16H,8,11-15H2,1H3,(H,25,26). The van der Waals surface area contributed by atoms with Gasteiger partial charge in [-0.3, -0.25) is 9.52 Å². The molecule has 4 rings (SSSR count). The Labute approximate surface area is 203 Å². The van der Waals surface area contributed by atoms with Crippen LogP contribution in [-0.4, -0.2) is 50.4 Å². The van der Waals surface area contributed by atoms with Crippen LogP contribution < -0.4 is 9.62 Å². The van der Waals surface area contributed by atoms with E-state index in [0.717, 1.165) is 29.4 Å². The van der Waals surface area contributed by atoms with E-state index >= 15 is 0 Å². The number of amides is 1. The van der Waals surface area contributed by atoms with Gasteiger partial charge in [-0.15, -0.1) is 11.3 Å². The molecule has 1 saturated heterocycles. The summed E-state index contributed by atoms with van der Waals surface area (Å²) in [6, 6.07) is 14.4. The Balaban J connectivity index is 1.27. The third kappa shape index (κ3) is 5.85. The van der Waals surface area contributed by atoms with Crippen molar-refractivity contribution in [3.63, 3.8) is 0 Å². The maximum atomic E-state index is 12.7. The Morgan fingerprint density at radius 2 is 1.79 bits per heavy atom. The highest BCUT2D eigenvalue weighted by Crippen LogP contribution is 2.26. The highest BCUT2D eigenvalue weighted by molar-refractivity contribution is 7.93. The van der Waals surface area contributed by atoms with E-state index in [0.29, 0.717) is 36.8 Å². The first-order valence-corrected chi connectivity index (χ1v) is 13.4. The first kappa shape index (κ1) is 23.5. The highest BCUT2D eigenvalue weighted by atomic mass is 35.5. The molecular weight excluding hydrogens is 480 g/mol. The SMILES string of the molecule is Cc1ccc(S(=O)(=O)Nc2nc(CCC(=O)N3CCN(c4ccccc4Cl)CC3)cs2)cc1. The van der Waals surface area contributed by atoms with E-state index in [4.69, 9.17) is 11.6 Å². The summed E-state index contributed by atoms with van der Waals surface area (Å²) >= 11 is 7.50. The largest absolute Gasteiger partial charge is 0.367 e. The van der Waals surface area contributed by atoms with Crippen LogP contribution in [0.25, 0.3) is 0 Å². The predicted molar refractivity (Wildman–Crippen MR) is 133 cm³/mol. The number of aryl methyl sites for hydroxylation is 2. The molecule has 7 nitrogen and oxygen atoms in total. The van der Waals surface area contributed by atoms with Gasteiger partial charge in [-0.25, -0.2) is 13.4 Å². The number of halogens is 1. The zero-order chi connectivity index (χ0) is 23.4. The third-order valence-corrected chi connectivity index (χ3v) is 8.14. The van der Waals surface area contributed by atoms with Crippen molar-refractivity contribution < 1.29 is 13.2 Å². The number of piperazine rings is 1. The number of anilines is 2. The number of aromatic nitrogens is 1. The van der Waals surface area contributed by atoms with Gasteiger partial charge in [0.2, 0.25) is 5.91 Å². The molecule has 0 aliphatic carbocycles. The Morgan fingerprint density at radius 1 is 1.09 bits per heavy atom. The number of para-hydroxylation sites is 1. The second-order valence-electron chi connectivity index (χ2n) is 7.88. The van der Waals surface area contributed by atoms with Crippen molar-refractivity contribution in [3.05, 3.63) is 70.2 Å². The number of thiazole rings is 1. The van der Waals surface area contributed by atoms with Crippen molar-refractivity contribution in [1.29, 1.82) is 0 Å². The van der Waals surface area contributed by atoms with Crippen LogP contribution in [0.5, 0.6) is 0 Å². The number of carbonyl (C=O) groups excluding carboxylic acids is 1. The van der Waals surface area contributed by atoms with Gasteiger partial charge in [0.05, 0.1) is 21.3 Å². The van der Waals surface area contributed by atoms with Gasteiger partial charge in [-0.2, -0.15) is 0 Å². The van der Waals surface area contributed by atoms with E-state index < -0.39 is 10.0 Å². The van der Waals surface area contributed by atoms with Crippen molar-refractivity contribution >= 4 is 49.7 Å². The molecule has 1 aromatic heterocycles. The Bertz CT molecular complexity index is 1220. The minimum atomic E-state index is -3.69. The minimum absolute atomic E-state index is 0.0728. The zero-order valence-corrected chi connectivity index (χ0v) is 20.6. The fourth-order valence-electron chi connectivity index (χ4n) is 3.66. The van der Waals surface area contributed by atoms with Crippen molar-refractivity contribution in [1.82, 2.24) is 9.88 Å². The number of nitrogens with zero attached hydrogens (tertiary/aromatic N) is 3. The second kappa shape index (κ2) is 10.1. The summed E-state index contributed by atoms with van der Waals surface area (Å²) < 4.78 is 27.6. The van der Waals surface area contributed by atoms with Crippen molar-refractivity contribution in [2.45, 2.75) is 24.7 Å². The van der Waals surface area contributed by atoms with Gasteiger partial charge >= 0.3 is 0 Å². The molecule has 0 radical (unpaired) electrons. The first-order valence-electron chi connectivity index (χ1n) is 10.6. The van der Waals surface area contributed by atoms with Gasteiger partial charge in [-0.1, -0.05) is 41.4 Å². The van der Waals surface area contributed by atoms with Gasteiger partial charge < -0.3 is 9.80 Å². The molecule has 1 amide bonds. The monoisotopic (exact) mass is 504 g/mol. The van der Waals surface area contributed by atoms with E-state index in [1.54, 1.807) is 29.6 Å². The molecule has 0 atom stereocenters. The molecule has 174 valence electrons. The lowest BCUT2D eigenvalue weighted by Gasteiger charge is -2.36. The van der Waals surface area contributed by atoms with Crippen LogP contribution in [0.4, 0.5) is 10.8 Å². The van der Waals surface area contributed by atoms with Gasteiger partial charge in [0.15, 0.2) is 5.13 Å². The lowest BCUT2D eigenvalue weighted by Crippen LogP contribution is -2.48. The topological polar surface area (TPSA) is 82.6 Å². The van der Waals surface area contributed by atoms with E-state index in [9.17, 15) is 13.2 Å². The Kier molecular flexibility index (Phi) is 7.21. The van der Waals surface area contributed by atoms with Crippen molar-refractivity contribution in [3.8, 4) is 0 Å². The normalized spacial score (nSPS) is 14.4. The first-order chi connectivity index (χ1) is 15.8. The Morgan fingerprint density at radius 3 is 2.48 bits per heavy atom. The molecule has 2 aromatic carbocycles. The number of sulfonamides is 1. The molecule has 1 aliphatic heterocycles. The molecule has 1 fully saturated rings. The summed E-state index contributed by atoms with van der Waals surface area (Å²) in [5, 5.41) is 2.80. The molecule has 1 aliphatic rings. The zero-order valence-electron chi connectivity index (χ0n) is 18.2. The number of hydrogen-bond donors (Lipinski definition) is 1. The molecule has 33 heavy (non-hydrogen) atoms. The predicted octanol–water partition coefficient (Wildman–Crippen LogP) is 4.19. The number of rotatable bonds is 7. The van der Waals surface area contributed by atoms with Gasteiger partial charge in [-0.05, 0) is 37.6 Å². The summed E-state index contributed by atoms with van der Waals surface area (Å²) in [6.45, 7) is 4.65. The molecular formula is C23H25ClN4O3S2. The fraction of sp³-hybridized carbons (Fsp3) is 0.304. The van der Waals surface area contributed by atoms with Crippen LogP contribution in [0.15, 0.2) is 58.8 Å². The van der Waals surface area contributed by atoms with Crippen molar-refractivity contribution in [2.24, 2.45) is 0 Å². The molecule has 1 N–H and O–H groups in total. The van der Waals surface area contributed by atoms with E-state index in [1.165, 1.54) is 11.3 Å². The quantitative estimate of drug-likeness (QED) is 0.521. The van der Waals surface area contributed by atoms with Gasteiger partial charge in [0.1, 0.15) is 0 Å². The molecule has 10 heteroatoms. The average molecular weight is 505 g/mol. The summed E-state index contributed by atoms with van der Waals surface area (Å²) in [7, 11) is -3.69. The van der Waals surface area contributed by atoms with Crippen molar-refractivity contribution in [2.75, 3.05) is 35.8 Å². The summed E-state index contributed by atoms with van der Waals surface area (Å²) in [4.78, 5) is 21.3. The highest BCUT2D eigenvalue weighted by Gasteiger charge is 2.22.